The molecule has 0 unspecified atom stereocenters. The number of hydrogen-bond donors (Lipinski definition) is 2. The van der Waals surface area contributed by atoms with Crippen molar-refractivity contribution in [2.45, 2.75) is 6.04 Å². The predicted molar refractivity (Wildman–Crippen MR) is 108 cm³/mol. The maximum Gasteiger partial charge on any atom is 0.238 e. The van der Waals surface area contributed by atoms with E-state index < -0.39 is 0 Å². The fraction of sp³-hybridized carbons (Fsp3) is 0.0952. The van der Waals surface area contributed by atoms with Crippen molar-refractivity contribution >= 4 is 34.8 Å². The minimum atomic E-state index is -0.211. The highest BCUT2D eigenvalue weighted by molar-refractivity contribution is 6.39. The molecule has 0 spiro atoms. The minimum Gasteiger partial charge on any atom is -0.322 e. The average Bonchev–Trinajstić information content (AvgIpc) is 2.67. The summed E-state index contributed by atoms with van der Waals surface area (Å²) in [6.45, 7) is 0.121. The van der Waals surface area contributed by atoms with Crippen molar-refractivity contribution in [3.63, 3.8) is 0 Å². The quantitative estimate of drug-likeness (QED) is 0.604. The van der Waals surface area contributed by atoms with Gasteiger partial charge in [-0.25, -0.2) is 0 Å². The Kier molecular flexibility index (Phi) is 6.29. The van der Waals surface area contributed by atoms with Crippen LogP contribution in [0, 0.1) is 0 Å². The summed E-state index contributed by atoms with van der Waals surface area (Å²) in [5.41, 5.74) is 2.60. The number of benzene rings is 3. The van der Waals surface area contributed by atoms with Crippen LogP contribution in [0.2, 0.25) is 10.0 Å². The van der Waals surface area contributed by atoms with Crippen LogP contribution in [0.3, 0.4) is 0 Å². The Balaban J connectivity index is 1.73. The van der Waals surface area contributed by atoms with Crippen molar-refractivity contribution in [2.24, 2.45) is 0 Å². The number of rotatable bonds is 6. The normalized spacial score (nSPS) is 10.7. The average molecular weight is 385 g/mol. The Morgan fingerprint density at radius 2 is 1.27 bits per heavy atom. The molecule has 0 aliphatic rings. The van der Waals surface area contributed by atoms with Gasteiger partial charge in [0.2, 0.25) is 5.91 Å². The highest BCUT2D eigenvalue weighted by Gasteiger charge is 2.16. The van der Waals surface area contributed by atoms with Crippen molar-refractivity contribution < 1.29 is 4.79 Å². The van der Waals surface area contributed by atoms with E-state index >= 15 is 0 Å². The zero-order valence-corrected chi connectivity index (χ0v) is 15.5. The molecule has 0 radical (unpaired) electrons. The first-order chi connectivity index (χ1) is 12.6. The van der Waals surface area contributed by atoms with Gasteiger partial charge in [-0.1, -0.05) is 89.9 Å². The van der Waals surface area contributed by atoms with Gasteiger partial charge in [-0.15, -0.1) is 0 Å². The standard InChI is InChI=1S/C21H18Cl2N2O/c22-17-12-7-13-18(23)21(17)25-19(26)14-24-20(15-8-3-1-4-9-15)16-10-5-2-6-11-16/h1-13,20,24H,14H2,(H,25,26). The first-order valence-electron chi connectivity index (χ1n) is 8.22. The molecular formula is C21H18Cl2N2O. The van der Waals surface area contributed by atoms with E-state index in [-0.39, 0.29) is 18.5 Å². The third kappa shape index (κ3) is 4.64. The Bertz CT molecular complexity index is 810. The number of carbonyl (C=O) groups is 1. The monoisotopic (exact) mass is 384 g/mol. The molecular weight excluding hydrogens is 367 g/mol. The lowest BCUT2D eigenvalue weighted by Crippen LogP contribution is -2.32. The van der Waals surface area contributed by atoms with Crippen molar-refractivity contribution in [1.29, 1.82) is 0 Å². The third-order valence-electron chi connectivity index (χ3n) is 3.96. The zero-order valence-electron chi connectivity index (χ0n) is 14.0. The molecule has 2 N–H and O–H groups in total. The molecule has 3 aromatic rings. The molecule has 0 aromatic heterocycles. The van der Waals surface area contributed by atoms with Gasteiger partial charge in [-0.3, -0.25) is 10.1 Å². The fourth-order valence-corrected chi connectivity index (χ4v) is 3.21. The molecule has 132 valence electrons. The Labute approximate surface area is 163 Å². The van der Waals surface area contributed by atoms with E-state index in [1.807, 2.05) is 60.7 Å². The third-order valence-corrected chi connectivity index (χ3v) is 4.59. The van der Waals surface area contributed by atoms with Crippen LogP contribution < -0.4 is 10.6 Å². The Hall–Kier alpha value is -2.33. The SMILES string of the molecule is O=C(CNC(c1ccccc1)c1ccccc1)Nc1c(Cl)cccc1Cl. The molecule has 0 saturated carbocycles. The van der Waals surface area contributed by atoms with Crippen LogP contribution in [0.15, 0.2) is 78.9 Å². The summed E-state index contributed by atoms with van der Waals surface area (Å²) in [6.07, 6.45) is 0. The molecule has 0 aliphatic heterocycles. The first-order valence-corrected chi connectivity index (χ1v) is 8.98. The summed E-state index contributed by atoms with van der Waals surface area (Å²) >= 11 is 12.2. The van der Waals surface area contributed by atoms with Gasteiger partial charge in [-0.05, 0) is 23.3 Å². The summed E-state index contributed by atoms with van der Waals surface area (Å²) < 4.78 is 0. The highest BCUT2D eigenvalue weighted by atomic mass is 35.5. The number of nitrogens with one attached hydrogen (secondary N) is 2. The smallest absolute Gasteiger partial charge is 0.238 e. The van der Waals surface area contributed by atoms with Gasteiger partial charge >= 0.3 is 0 Å². The van der Waals surface area contributed by atoms with Crippen LogP contribution in [-0.2, 0) is 4.79 Å². The molecule has 0 atom stereocenters. The maximum atomic E-state index is 12.4. The van der Waals surface area contributed by atoms with E-state index in [9.17, 15) is 4.79 Å². The molecule has 0 heterocycles. The van der Waals surface area contributed by atoms with Gasteiger partial charge in [-0.2, -0.15) is 0 Å². The summed E-state index contributed by atoms with van der Waals surface area (Å²) in [5, 5.41) is 6.91. The summed E-state index contributed by atoms with van der Waals surface area (Å²) in [5.74, 6) is -0.211. The molecule has 26 heavy (non-hydrogen) atoms. The van der Waals surface area contributed by atoms with Crippen LogP contribution in [0.5, 0.6) is 0 Å². The predicted octanol–water partition coefficient (Wildman–Crippen LogP) is 5.31. The van der Waals surface area contributed by atoms with Crippen molar-refractivity contribution in [2.75, 3.05) is 11.9 Å². The van der Waals surface area contributed by atoms with E-state index in [0.29, 0.717) is 15.7 Å². The molecule has 0 aliphatic carbocycles. The zero-order chi connectivity index (χ0) is 18.4. The lowest BCUT2D eigenvalue weighted by atomic mass is 9.99. The number of hydrogen-bond acceptors (Lipinski definition) is 2. The summed E-state index contributed by atoms with van der Waals surface area (Å²) in [7, 11) is 0. The van der Waals surface area contributed by atoms with Gasteiger partial charge in [0.25, 0.3) is 0 Å². The lowest BCUT2D eigenvalue weighted by molar-refractivity contribution is -0.115. The van der Waals surface area contributed by atoms with Crippen LogP contribution in [0.25, 0.3) is 0 Å². The van der Waals surface area contributed by atoms with Crippen molar-refractivity contribution in [3.8, 4) is 0 Å². The Morgan fingerprint density at radius 1 is 0.769 bits per heavy atom. The van der Waals surface area contributed by atoms with E-state index in [1.54, 1.807) is 18.2 Å². The van der Waals surface area contributed by atoms with Gasteiger partial charge in [0.15, 0.2) is 0 Å². The molecule has 0 fully saturated rings. The summed E-state index contributed by atoms with van der Waals surface area (Å²) in [4.78, 5) is 12.4. The fourth-order valence-electron chi connectivity index (χ4n) is 2.71. The van der Waals surface area contributed by atoms with E-state index in [2.05, 4.69) is 10.6 Å². The number of anilines is 1. The van der Waals surface area contributed by atoms with Gasteiger partial charge < -0.3 is 5.32 Å². The second kappa shape index (κ2) is 8.86. The van der Waals surface area contributed by atoms with Crippen LogP contribution >= 0.6 is 23.2 Å². The minimum absolute atomic E-state index is 0.0927. The molecule has 3 rings (SSSR count). The molecule has 5 heteroatoms. The largest absolute Gasteiger partial charge is 0.322 e. The molecule has 0 bridgehead atoms. The topological polar surface area (TPSA) is 41.1 Å². The number of amides is 1. The molecule has 3 nitrogen and oxygen atoms in total. The molecule has 3 aromatic carbocycles. The van der Waals surface area contributed by atoms with Gasteiger partial charge in [0, 0.05) is 0 Å². The summed E-state index contributed by atoms with van der Waals surface area (Å²) in [6, 6.07) is 25.0. The maximum absolute atomic E-state index is 12.4. The lowest BCUT2D eigenvalue weighted by Gasteiger charge is -2.20. The van der Waals surface area contributed by atoms with Crippen molar-refractivity contribution in [3.05, 3.63) is 100 Å². The van der Waals surface area contributed by atoms with Crippen molar-refractivity contribution in [1.82, 2.24) is 5.32 Å². The first kappa shape index (κ1) is 18.5. The van der Waals surface area contributed by atoms with Crippen LogP contribution in [-0.4, -0.2) is 12.5 Å². The molecule has 0 saturated heterocycles. The highest BCUT2D eigenvalue weighted by Crippen LogP contribution is 2.29. The second-order valence-corrected chi connectivity index (χ2v) is 6.59. The molecule has 1 amide bonds. The van der Waals surface area contributed by atoms with Gasteiger partial charge in [0.1, 0.15) is 0 Å². The van der Waals surface area contributed by atoms with Crippen LogP contribution in [0.1, 0.15) is 17.2 Å². The number of carbonyl (C=O) groups excluding carboxylic acids is 1. The number of halogens is 2. The van der Waals surface area contributed by atoms with E-state index in [0.717, 1.165) is 11.1 Å². The number of para-hydroxylation sites is 1. The van der Waals surface area contributed by atoms with Crippen LogP contribution in [0.4, 0.5) is 5.69 Å². The van der Waals surface area contributed by atoms with E-state index in [4.69, 9.17) is 23.2 Å². The Morgan fingerprint density at radius 3 is 1.77 bits per heavy atom. The van der Waals surface area contributed by atoms with Gasteiger partial charge in [0.05, 0.1) is 28.3 Å². The van der Waals surface area contributed by atoms with E-state index in [1.165, 1.54) is 0 Å². The second-order valence-electron chi connectivity index (χ2n) is 5.78.